The van der Waals surface area contributed by atoms with E-state index in [0.29, 0.717) is 15.2 Å². The molecule has 0 spiro atoms. The van der Waals surface area contributed by atoms with Gasteiger partial charge in [0.1, 0.15) is 10.8 Å². The van der Waals surface area contributed by atoms with Crippen molar-refractivity contribution < 1.29 is 5.11 Å². The first-order valence-corrected chi connectivity index (χ1v) is 6.98. The largest absolute Gasteiger partial charge is 0.506 e. The smallest absolute Gasteiger partial charge is 0.231 e. The van der Waals surface area contributed by atoms with Crippen LogP contribution in [0.1, 0.15) is 10.6 Å². The van der Waals surface area contributed by atoms with Crippen LogP contribution in [-0.4, -0.2) is 21.5 Å². The molecule has 1 aromatic carbocycles. The monoisotopic (exact) mass is 375 g/mol. The molecular weight excluding hydrogens is 370 g/mol. The third kappa shape index (κ3) is 3.11. The molecule has 0 amide bonds. The number of halogens is 2. The summed E-state index contributed by atoms with van der Waals surface area (Å²) in [6, 6.07) is 3.54. The number of hydrogen-bond donors (Lipinski definition) is 1. The number of benzene rings is 1. The fourth-order valence-corrected chi connectivity index (χ4v) is 2.94. The topological polar surface area (TPSA) is 58.4 Å². The van der Waals surface area contributed by atoms with Crippen LogP contribution in [0.2, 0.25) is 0 Å². The van der Waals surface area contributed by atoms with E-state index in [0.717, 1.165) is 9.48 Å². The molecule has 0 aliphatic heterocycles. The Balaban J connectivity index is 2.33. The standard InChI is InChI=1S/C10H7Br2N3OS/c1-5-14-15-10(17-5)13-4-6-2-7(11)3-8(12)9(6)16/h2-4,16H,1H3. The molecule has 0 aliphatic rings. The summed E-state index contributed by atoms with van der Waals surface area (Å²) in [5, 5.41) is 19.0. The summed E-state index contributed by atoms with van der Waals surface area (Å²) in [7, 11) is 0. The molecule has 17 heavy (non-hydrogen) atoms. The zero-order valence-electron chi connectivity index (χ0n) is 8.69. The van der Waals surface area contributed by atoms with Crippen LogP contribution < -0.4 is 0 Å². The van der Waals surface area contributed by atoms with Crippen molar-refractivity contribution in [3.63, 3.8) is 0 Å². The van der Waals surface area contributed by atoms with Crippen molar-refractivity contribution in [3.05, 3.63) is 31.6 Å². The minimum Gasteiger partial charge on any atom is -0.506 e. The second kappa shape index (κ2) is 5.24. The van der Waals surface area contributed by atoms with E-state index >= 15 is 0 Å². The molecule has 1 aromatic heterocycles. The average Bonchev–Trinajstić information content (AvgIpc) is 2.67. The molecule has 0 unspecified atom stereocenters. The molecule has 1 heterocycles. The third-order valence-corrected chi connectivity index (χ3v) is 3.70. The van der Waals surface area contributed by atoms with Gasteiger partial charge in [-0.2, -0.15) is 0 Å². The number of nitrogens with zero attached hydrogens (tertiary/aromatic N) is 3. The maximum Gasteiger partial charge on any atom is 0.231 e. The third-order valence-electron chi connectivity index (χ3n) is 1.89. The Hall–Kier alpha value is -0.790. The van der Waals surface area contributed by atoms with Crippen molar-refractivity contribution in [1.82, 2.24) is 10.2 Å². The summed E-state index contributed by atoms with van der Waals surface area (Å²) in [5.74, 6) is 0.151. The van der Waals surface area contributed by atoms with Crippen molar-refractivity contribution in [2.45, 2.75) is 6.92 Å². The van der Waals surface area contributed by atoms with Crippen molar-refractivity contribution in [3.8, 4) is 5.75 Å². The lowest BCUT2D eigenvalue weighted by Gasteiger charge is -2.01. The first-order valence-electron chi connectivity index (χ1n) is 4.58. The maximum absolute atomic E-state index is 9.81. The van der Waals surface area contributed by atoms with E-state index in [1.54, 1.807) is 18.3 Å². The minimum atomic E-state index is 0.151. The van der Waals surface area contributed by atoms with Crippen molar-refractivity contribution in [1.29, 1.82) is 0 Å². The fourth-order valence-electron chi connectivity index (χ4n) is 1.15. The molecule has 0 atom stereocenters. The highest BCUT2D eigenvalue weighted by atomic mass is 79.9. The summed E-state index contributed by atoms with van der Waals surface area (Å²) in [6.45, 7) is 1.86. The average molecular weight is 377 g/mol. The van der Waals surface area contributed by atoms with Gasteiger partial charge in [0.05, 0.1) is 4.47 Å². The highest BCUT2D eigenvalue weighted by Crippen LogP contribution is 2.31. The normalized spacial score (nSPS) is 11.2. The van der Waals surface area contributed by atoms with Gasteiger partial charge in [0.2, 0.25) is 5.13 Å². The lowest BCUT2D eigenvalue weighted by Crippen LogP contribution is -1.84. The van der Waals surface area contributed by atoms with Gasteiger partial charge in [-0.3, -0.25) is 0 Å². The van der Waals surface area contributed by atoms with Crippen molar-refractivity contribution in [2.75, 3.05) is 0 Å². The molecule has 0 radical (unpaired) electrons. The van der Waals surface area contributed by atoms with Crippen LogP contribution in [0.3, 0.4) is 0 Å². The number of hydrogen-bond acceptors (Lipinski definition) is 5. The van der Waals surface area contributed by atoms with Crippen LogP contribution in [0.5, 0.6) is 5.75 Å². The predicted molar refractivity (Wildman–Crippen MR) is 75.4 cm³/mol. The molecule has 88 valence electrons. The Morgan fingerprint density at radius 1 is 1.35 bits per heavy atom. The summed E-state index contributed by atoms with van der Waals surface area (Å²) in [4.78, 5) is 4.16. The Bertz CT molecular complexity index is 583. The minimum absolute atomic E-state index is 0.151. The van der Waals surface area contributed by atoms with Crippen LogP contribution in [0.25, 0.3) is 0 Å². The number of aryl methyl sites for hydroxylation is 1. The summed E-state index contributed by atoms with van der Waals surface area (Å²) < 4.78 is 1.47. The zero-order chi connectivity index (χ0) is 12.4. The maximum atomic E-state index is 9.81. The van der Waals surface area contributed by atoms with Crippen LogP contribution in [0.4, 0.5) is 5.13 Å². The van der Waals surface area contributed by atoms with E-state index in [9.17, 15) is 5.11 Å². The molecule has 4 nitrogen and oxygen atoms in total. The highest BCUT2D eigenvalue weighted by molar-refractivity contribution is 9.11. The zero-order valence-corrected chi connectivity index (χ0v) is 12.7. The van der Waals surface area contributed by atoms with E-state index in [-0.39, 0.29) is 5.75 Å². The summed E-state index contributed by atoms with van der Waals surface area (Å²) in [6.07, 6.45) is 1.56. The number of phenols is 1. The number of aromatic nitrogens is 2. The number of rotatable bonds is 2. The Morgan fingerprint density at radius 3 is 2.76 bits per heavy atom. The van der Waals surface area contributed by atoms with Gasteiger partial charge >= 0.3 is 0 Å². The molecule has 0 bridgehead atoms. The van der Waals surface area contributed by atoms with E-state index in [1.165, 1.54) is 11.3 Å². The molecule has 0 saturated carbocycles. The first-order chi connectivity index (χ1) is 8.06. The van der Waals surface area contributed by atoms with Crippen LogP contribution >= 0.6 is 43.2 Å². The summed E-state index contributed by atoms with van der Waals surface area (Å²) >= 11 is 8.01. The Morgan fingerprint density at radius 2 is 2.12 bits per heavy atom. The molecule has 0 fully saturated rings. The van der Waals surface area contributed by atoms with Gasteiger partial charge < -0.3 is 5.11 Å². The number of aliphatic imine (C=N–C) groups is 1. The van der Waals surface area contributed by atoms with Gasteiger partial charge in [-0.15, -0.1) is 10.2 Å². The van der Waals surface area contributed by atoms with Gasteiger partial charge in [0.25, 0.3) is 0 Å². The van der Waals surface area contributed by atoms with Crippen LogP contribution in [-0.2, 0) is 0 Å². The lowest BCUT2D eigenvalue weighted by molar-refractivity contribution is 0.471. The van der Waals surface area contributed by atoms with Gasteiger partial charge in [-0.25, -0.2) is 4.99 Å². The van der Waals surface area contributed by atoms with E-state index in [1.807, 2.05) is 6.92 Å². The van der Waals surface area contributed by atoms with E-state index in [4.69, 9.17) is 0 Å². The second-order valence-electron chi connectivity index (χ2n) is 3.19. The molecule has 1 N–H and O–H groups in total. The Kier molecular flexibility index (Phi) is 3.90. The van der Waals surface area contributed by atoms with Gasteiger partial charge in [-0.05, 0) is 35.0 Å². The quantitative estimate of drug-likeness (QED) is 0.810. The molecule has 7 heteroatoms. The van der Waals surface area contributed by atoms with Gasteiger partial charge in [-0.1, -0.05) is 27.3 Å². The first kappa shape index (κ1) is 12.7. The number of phenolic OH excluding ortho intramolecular Hbond substituents is 1. The van der Waals surface area contributed by atoms with Crippen molar-refractivity contribution >= 4 is 54.5 Å². The second-order valence-corrected chi connectivity index (χ2v) is 6.12. The Labute approximate surface area is 119 Å². The lowest BCUT2D eigenvalue weighted by atomic mass is 10.2. The molecule has 2 rings (SSSR count). The highest BCUT2D eigenvalue weighted by Gasteiger charge is 2.05. The fraction of sp³-hybridized carbons (Fsp3) is 0.100. The van der Waals surface area contributed by atoms with E-state index < -0.39 is 0 Å². The predicted octanol–water partition coefficient (Wildman–Crippen LogP) is 3.83. The number of aromatic hydroxyl groups is 1. The van der Waals surface area contributed by atoms with Crippen LogP contribution in [0, 0.1) is 6.92 Å². The van der Waals surface area contributed by atoms with Gasteiger partial charge in [0, 0.05) is 16.3 Å². The van der Waals surface area contributed by atoms with E-state index in [2.05, 4.69) is 47.0 Å². The molecular formula is C10H7Br2N3OS. The molecule has 0 saturated heterocycles. The molecule has 0 aliphatic carbocycles. The molecule has 2 aromatic rings. The summed E-state index contributed by atoms with van der Waals surface area (Å²) in [5.41, 5.74) is 0.610. The SMILES string of the molecule is Cc1nnc(N=Cc2cc(Br)cc(Br)c2O)s1. The van der Waals surface area contributed by atoms with Crippen molar-refractivity contribution in [2.24, 2.45) is 4.99 Å². The van der Waals surface area contributed by atoms with Gasteiger partial charge in [0.15, 0.2) is 0 Å². The van der Waals surface area contributed by atoms with Crippen LogP contribution in [0.15, 0.2) is 26.1 Å².